The van der Waals surface area contributed by atoms with Crippen LogP contribution in [-0.4, -0.2) is 54.1 Å². The van der Waals surface area contributed by atoms with Crippen molar-refractivity contribution in [1.82, 2.24) is 9.47 Å². The summed E-state index contributed by atoms with van der Waals surface area (Å²) in [5.41, 5.74) is 12.4. The Morgan fingerprint density at radius 2 is 1.79 bits per heavy atom. The lowest BCUT2D eigenvalue weighted by atomic mass is 9.88. The number of hydrogen-bond donors (Lipinski definition) is 2. The molecule has 7 heteroatoms. The Kier molecular flexibility index (Phi) is 10.3. The number of carbonyl (C=O) groups is 2. The van der Waals surface area contributed by atoms with Gasteiger partial charge in [0, 0.05) is 79.9 Å². The van der Waals surface area contributed by atoms with Gasteiger partial charge < -0.3 is 25.3 Å². The molecule has 1 aromatic heterocycles. The van der Waals surface area contributed by atoms with Gasteiger partial charge in [-0.2, -0.15) is 0 Å². The van der Waals surface area contributed by atoms with Gasteiger partial charge in [0.05, 0.1) is 0 Å². The van der Waals surface area contributed by atoms with E-state index in [0.29, 0.717) is 18.8 Å². The van der Waals surface area contributed by atoms with Crippen molar-refractivity contribution < 1.29 is 14.3 Å². The van der Waals surface area contributed by atoms with Gasteiger partial charge in [-0.25, -0.2) is 0 Å². The fourth-order valence-corrected chi connectivity index (χ4v) is 7.12. The molecule has 2 atom stereocenters. The molecule has 2 aromatic carbocycles. The predicted octanol–water partition coefficient (Wildman–Crippen LogP) is 6.17. The Morgan fingerprint density at radius 3 is 2.55 bits per heavy atom. The van der Waals surface area contributed by atoms with Crippen LogP contribution in [0.1, 0.15) is 80.5 Å². The number of hydrogen-bond acceptors (Lipinski definition) is 4. The number of para-hydroxylation sites is 1. The number of amides is 2. The lowest BCUT2D eigenvalue weighted by Crippen LogP contribution is -2.42. The second-order valence-electron chi connectivity index (χ2n) is 12.4. The second-order valence-corrected chi connectivity index (χ2v) is 12.4. The van der Waals surface area contributed by atoms with Crippen LogP contribution in [0.3, 0.4) is 0 Å². The van der Waals surface area contributed by atoms with Gasteiger partial charge in [0.2, 0.25) is 11.8 Å². The summed E-state index contributed by atoms with van der Waals surface area (Å²) in [5, 5.41) is 4.38. The molecular formula is C35H48N4O3. The lowest BCUT2D eigenvalue weighted by Gasteiger charge is -2.34. The smallest absolute Gasteiger partial charge is 0.227 e. The van der Waals surface area contributed by atoms with Crippen LogP contribution in [0.25, 0.3) is 10.9 Å². The number of anilines is 1. The van der Waals surface area contributed by atoms with Crippen LogP contribution in [0.5, 0.6) is 0 Å². The number of nitrogens with one attached hydrogen (secondary N) is 1. The molecule has 2 amide bonds. The highest BCUT2D eigenvalue weighted by molar-refractivity contribution is 5.92. The third kappa shape index (κ3) is 7.24. The van der Waals surface area contributed by atoms with Crippen LogP contribution in [0.4, 0.5) is 5.69 Å². The summed E-state index contributed by atoms with van der Waals surface area (Å²) in [6.07, 6.45) is 9.51. The van der Waals surface area contributed by atoms with E-state index in [0.717, 1.165) is 82.4 Å². The largest absolute Gasteiger partial charge is 0.385 e. The highest BCUT2D eigenvalue weighted by Crippen LogP contribution is 2.36. The fourth-order valence-electron chi connectivity index (χ4n) is 7.12. The quantitative estimate of drug-likeness (QED) is 0.269. The standard InChI is InChI=1S/C35H48N4O3/c1-25-31-13-6-7-14-32(31)39(20-9-21-42-2)34(25)28-12-8-19-38(24-28)33(40)23-29(36)22-26-15-17-30(18-16-26)37-35(41)27-10-4-3-5-11-27/h6-7,13-18,27-29H,3-5,8-12,19-24,36H2,1-2H3,(H,37,41). The van der Waals surface area contributed by atoms with Crippen LogP contribution < -0.4 is 11.1 Å². The lowest BCUT2D eigenvalue weighted by molar-refractivity contribution is -0.132. The number of piperidine rings is 1. The van der Waals surface area contributed by atoms with Crippen LogP contribution in [0.2, 0.25) is 0 Å². The summed E-state index contributed by atoms with van der Waals surface area (Å²) in [5.74, 6) is 0.721. The number of ether oxygens (including phenoxy) is 1. The van der Waals surface area contributed by atoms with E-state index < -0.39 is 0 Å². The Labute approximate surface area is 250 Å². The molecule has 2 aliphatic rings. The first-order chi connectivity index (χ1) is 20.4. The molecule has 2 unspecified atom stereocenters. The van der Waals surface area contributed by atoms with Gasteiger partial charge in [-0.15, -0.1) is 0 Å². The molecule has 1 aliphatic carbocycles. The van der Waals surface area contributed by atoms with E-state index in [-0.39, 0.29) is 23.8 Å². The number of likely N-dealkylation sites (tertiary alicyclic amines) is 1. The summed E-state index contributed by atoms with van der Waals surface area (Å²) >= 11 is 0. The highest BCUT2D eigenvalue weighted by atomic mass is 16.5. The minimum atomic E-state index is -0.247. The number of aryl methyl sites for hydroxylation is 2. The first-order valence-electron chi connectivity index (χ1n) is 15.9. The van der Waals surface area contributed by atoms with E-state index in [1.54, 1.807) is 7.11 Å². The maximum absolute atomic E-state index is 13.4. The number of fused-ring (bicyclic) bond motifs is 1. The number of aromatic nitrogens is 1. The van der Waals surface area contributed by atoms with Crippen LogP contribution in [0.15, 0.2) is 48.5 Å². The topological polar surface area (TPSA) is 89.6 Å². The molecular weight excluding hydrogens is 524 g/mol. The van der Waals surface area contributed by atoms with Crippen LogP contribution in [0, 0.1) is 12.8 Å². The molecule has 5 rings (SSSR count). The molecule has 0 spiro atoms. The van der Waals surface area contributed by atoms with Gasteiger partial charge >= 0.3 is 0 Å². The minimum Gasteiger partial charge on any atom is -0.385 e. The summed E-state index contributed by atoms with van der Waals surface area (Å²) in [7, 11) is 1.75. The zero-order valence-corrected chi connectivity index (χ0v) is 25.4. The zero-order chi connectivity index (χ0) is 29.5. The summed E-state index contributed by atoms with van der Waals surface area (Å²) in [6, 6.07) is 16.3. The summed E-state index contributed by atoms with van der Waals surface area (Å²) < 4.78 is 7.81. The SMILES string of the molecule is COCCCn1c(C2CCCN(C(=O)CC(N)Cc3ccc(NC(=O)C4CCCCC4)cc3)C2)c(C)c2ccccc21. The molecule has 42 heavy (non-hydrogen) atoms. The first kappa shape index (κ1) is 30.3. The Bertz CT molecular complexity index is 1340. The Hall–Kier alpha value is -3.16. The molecule has 226 valence electrons. The Balaban J connectivity index is 1.18. The van der Waals surface area contributed by atoms with Crippen LogP contribution >= 0.6 is 0 Å². The monoisotopic (exact) mass is 572 g/mol. The zero-order valence-electron chi connectivity index (χ0n) is 25.4. The first-order valence-corrected chi connectivity index (χ1v) is 15.9. The normalized spacial score (nSPS) is 18.7. The van der Waals surface area contributed by atoms with Crippen molar-refractivity contribution in [2.45, 2.75) is 89.6 Å². The van der Waals surface area contributed by atoms with Crippen molar-refractivity contribution in [3.8, 4) is 0 Å². The number of rotatable bonds is 11. The number of nitrogens with zero attached hydrogens (tertiary/aromatic N) is 2. The highest BCUT2D eigenvalue weighted by Gasteiger charge is 2.30. The van der Waals surface area contributed by atoms with Crippen LogP contribution in [-0.2, 0) is 27.3 Å². The molecule has 0 radical (unpaired) electrons. The average molecular weight is 573 g/mol. The van der Waals surface area contributed by atoms with E-state index in [9.17, 15) is 9.59 Å². The molecule has 3 N–H and O–H groups in total. The molecule has 2 heterocycles. The Morgan fingerprint density at radius 1 is 1.02 bits per heavy atom. The van der Waals surface area contributed by atoms with E-state index in [4.69, 9.17) is 10.5 Å². The maximum atomic E-state index is 13.4. The van der Waals surface area contributed by atoms with Crippen molar-refractivity contribution in [1.29, 1.82) is 0 Å². The third-order valence-corrected chi connectivity index (χ3v) is 9.30. The molecule has 3 aromatic rings. The average Bonchev–Trinajstić information content (AvgIpc) is 3.30. The van der Waals surface area contributed by atoms with Crippen molar-refractivity contribution in [2.24, 2.45) is 11.7 Å². The molecule has 1 saturated heterocycles. The van der Waals surface area contributed by atoms with Gasteiger partial charge in [0.15, 0.2) is 0 Å². The van der Waals surface area contributed by atoms with Gasteiger partial charge in [-0.05, 0) is 74.8 Å². The number of methoxy groups -OCH3 is 1. The van der Waals surface area contributed by atoms with Crippen molar-refractivity contribution >= 4 is 28.4 Å². The van der Waals surface area contributed by atoms with Gasteiger partial charge in [0.25, 0.3) is 0 Å². The molecule has 1 aliphatic heterocycles. The van der Waals surface area contributed by atoms with Crippen molar-refractivity contribution in [3.63, 3.8) is 0 Å². The summed E-state index contributed by atoms with van der Waals surface area (Å²) in [6.45, 7) is 5.41. The molecule has 7 nitrogen and oxygen atoms in total. The number of carbonyl (C=O) groups excluding carboxylic acids is 2. The molecule has 2 fully saturated rings. The molecule has 1 saturated carbocycles. The predicted molar refractivity (Wildman–Crippen MR) is 170 cm³/mol. The fraction of sp³-hybridized carbons (Fsp3) is 0.543. The van der Waals surface area contributed by atoms with Crippen molar-refractivity contribution in [2.75, 3.05) is 32.1 Å². The summed E-state index contributed by atoms with van der Waals surface area (Å²) in [4.78, 5) is 28.0. The van der Waals surface area contributed by atoms with Gasteiger partial charge in [-0.3, -0.25) is 9.59 Å². The van der Waals surface area contributed by atoms with Gasteiger partial charge in [0.1, 0.15) is 0 Å². The van der Waals surface area contributed by atoms with E-state index in [1.807, 2.05) is 29.2 Å². The van der Waals surface area contributed by atoms with E-state index in [2.05, 4.69) is 41.1 Å². The second kappa shape index (κ2) is 14.3. The number of nitrogens with two attached hydrogens (primary N) is 1. The van der Waals surface area contributed by atoms with Gasteiger partial charge in [-0.1, -0.05) is 49.6 Å². The number of benzene rings is 2. The third-order valence-electron chi connectivity index (χ3n) is 9.30. The minimum absolute atomic E-state index is 0.134. The molecule has 0 bridgehead atoms. The van der Waals surface area contributed by atoms with E-state index in [1.165, 1.54) is 28.6 Å². The van der Waals surface area contributed by atoms with Crippen molar-refractivity contribution in [3.05, 3.63) is 65.4 Å². The van der Waals surface area contributed by atoms with E-state index >= 15 is 0 Å². The maximum Gasteiger partial charge on any atom is 0.227 e.